The van der Waals surface area contributed by atoms with Crippen molar-refractivity contribution in [2.24, 2.45) is 0 Å². The second-order valence-corrected chi connectivity index (χ2v) is 4.49. The zero-order chi connectivity index (χ0) is 13.0. The van der Waals surface area contributed by atoms with Crippen molar-refractivity contribution >= 4 is 17.3 Å². The lowest BCUT2D eigenvalue weighted by Crippen LogP contribution is -2.26. The van der Waals surface area contributed by atoms with Gasteiger partial charge < -0.3 is 5.11 Å². The number of hydrogen-bond acceptors (Lipinski definition) is 4. The minimum Gasteiger partial charge on any atom is -0.392 e. The molecule has 1 atom stereocenters. The SMILES string of the molecule is CC(O)CN(C)Cc1cc([N+](=O)[O-])ccc1Cl. The van der Waals surface area contributed by atoms with Gasteiger partial charge in [0, 0.05) is 30.2 Å². The number of likely N-dealkylation sites (N-methyl/N-ethyl adjacent to an activating group) is 1. The number of nitrogens with zero attached hydrogens (tertiary/aromatic N) is 2. The Kier molecular flexibility index (Phi) is 4.86. The zero-order valence-corrected chi connectivity index (χ0v) is 10.5. The molecule has 0 bridgehead atoms. The molecule has 0 aromatic heterocycles. The van der Waals surface area contributed by atoms with Crippen molar-refractivity contribution in [2.45, 2.75) is 19.6 Å². The van der Waals surface area contributed by atoms with E-state index in [9.17, 15) is 15.2 Å². The van der Waals surface area contributed by atoms with Gasteiger partial charge in [-0.2, -0.15) is 0 Å². The monoisotopic (exact) mass is 258 g/mol. The summed E-state index contributed by atoms with van der Waals surface area (Å²) in [7, 11) is 1.82. The molecule has 0 aliphatic carbocycles. The lowest BCUT2D eigenvalue weighted by atomic mass is 10.2. The second kappa shape index (κ2) is 5.95. The van der Waals surface area contributed by atoms with Crippen LogP contribution in [0.15, 0.2) is 18.2 Å². The topological polar surface area (TPSA) is 66.6 Å². The summed E-state index contributed by atoms with van der Waals surface area (Å²) in [5.41, 5.74) is 0.707. The Balaban J connectivity index is 2.82. The van der Waals surface area contributed by atoms with Crippen LogP contribution in [0, 0.1) is 10.1 Å². The number of aliphatic hydroxyl groups is 1. The van der Waals surface area contributed by atoms with Crippen molar-refractivity contribution in [3.05, 3.63) is 38.9 Å². The first kappa shape index (κ1) is 13.9. The summed E-state index contributed by atoms with van der Waals surface area (Å²) in [5, 5.41) is 20.4. The summed E-state index contributed by atoms with van der Waals surface area (Å²) in [6.45, 7) is 2.63. The average molecular weight is 259 g/mol. The van der Waals surface area contributed by atoms with E-state index in [1.807, 2.05) is 11.9 Å². The molecule has 0 fully saturated rings. The highest BCUT2D eigenvalue weighted by atomic mass is 35.5. The van der Waals surface area contributed by atoms with Crippen LogP contribution in [0.5, 0.6) is 0 Å². The Morgan fingerprint density at radius 2 is 2.24 bits per heavy atom. The van der Waals surface area contributed by atoms with Crippen LogP contribution in [0.4, 0.5) is 5.69 Å². The first-order chi connectivity index (χ1) is 7.90. The Morgan fingerprint density at radius 1 is 1.59 bits per heavy atom. The fourth-order valence-corrected chi connectivity index (χ4v) is 1.78. The van der Waals surface area contributed by atoms with Gasteiger partial charge in [0.05, 0.1) is 11.0 Å². The smallest absolute Gasteiger partial charge is 0.269 e. The maximum atomic E-state index is 10.6. The van der Waals surface area contributed by atoms with Crippen LogP contribution in [0.2, 0.25) is 5.02 Å². The van der Waals surface area contributed by atoms with Crippen LogP contribution < -0.4 is 0 Å². The number of hydrogen-bond donors (Lipinski definition) is 1. The summed E-state index contributed by atoms with van der Waals surface area (Å²) >= 11 is 5.97. The molecule has 1 aromatic rings. The maximum absolute atomic E-state index is 10.6. The van der Waals surface area contributed by atoms with Crippen molar-refractivity contribution in [3.8, 4) is 0 Å². The third-order valence-corrected chi connectivity index (χ3v) is 2.63. The number of non-ortho nitro benzene ring substituents is 1. The largest absolute Gasteiger partial charge is 0.392 e. The molecule has 94 valence electrons. The summed E-state index contributed by atoms with van der Waals surface area (Å²) in [6, 6.07) is 4.35. The summed E-state index contributed by atoms with van der Waals surface area (Å²) in [6.07, 6.45) is -0.447. The molecule has 0 saturated heterocycles. The average Bonchev–Trinajstić information content (AvgIpc) is 2.19. The molecule has 1 rings (SSSR count). The van der Waals surface area contributed by atoms with Crippen LogP contribution in [0.3, 0.4) is 0 Å². The van der Waals surface area contributed by atoms with Gasteiger partial charge in [-0.1, -0.05) is 11.6 Å². The van der Waals surface area contributed by atoms with E-state index < -0.39 is 11.0 Å². The summed E-state index contributed by atoms with van der Waals surface area (Å²) in [5.74, 6) is 0. The van der Waals surface area contributed by atoms with Gasteiger partial charge in [-0.15, -0.1) is 0 Å². The molecular formula is C11H15ClN2O3. The number of rotatable bonds is 5. The van der Waals surface area contributed by atoms with Crippen LogP contribution in [-0.2, 0) is 6.54 Å². The van der Waals surface area contributed by atoms with Gasteiger partial charge in [0.2, 0.25) is 0 Å². The fraction of sp³-hybridized carbons (Fsp3) is 0.455. The van der Waals surface area contributed by atoms with Crippen molar-refractivity contribution in [1.82, 2.24) is 4.90 Å². The van der Waals surface area contributed by atoms with Crippen LogP contribution in [-0.4, -0.2) is 34.6 Å². The highest BCUT2D eigenvalue weighted by Crippen LogP contribution is 2.23. The molecule has 6 heteroatoms. The molecule has 0 aliphatic rings. The van der Waals surface area contributed by atoms with Gasteiger partial charge in [0.1, 0.15) is 0 Å². The van der Waals surface area contributed by atoms with Crippen molar-refractivity contribution < 1.29 is 10.0 Å². The molecule has 0 amide bonds. The van der Waals surface area contributed by atoms with Gasteiger partial charge in [-0.3, -0.25) is 15.0 Å². The molecule has 0 saturated carbocycles. The Labute approximate surface area is 105 Å². The maximum Gasteiger partial charge on any atom is 0.269 e. The molecule has 1 aromatic carbocycles. The van der Waals surface area contributed by atoms with Gasteiger partial charge in [0.15, 0.2) is 0 Å². The summed E-state index contributed by atoms with van der Waals surface area (Å²) in [4.78, 5) is 12.0. The van der Waals surface area contributed by atoms with Gasteiger partial charge in [-0.05, 0) is 25.6 Å². The predicted molar refractivity (Wildman–Crippen MR) is 66.1 cm³/mol. The van der Waals surface area contributed by atoms with Gasteiger partial charge >= 0.3 is 0 Å². The van der Waals surface area contributed by atoms with E-state index in [0.717, 1.165) is 0 Å². The van der Waals surface area contributed by atoms with E-state index in [1.54, 1.807) is 6.92 Å². The van der Waals surface area contributed by atoms with E-state index in [4.69, 9.17) is 11.6 Å². The van der Waals surface area contributed by atoms with Crippen LogP contribution in [0.1, 0.15) is 12.5 Å². The zero-order valence-electron chi connectivity index (χ0n) is 9.76. The van der Waals surface area contributed by atoms with Crippen molar-refractivity contribution in [2.75, 3.05) is 13.6 Å². The van der Waals surface area contributed by atoms with E-state index in [2.05, 4.69) is 0 Å². The molecule has 0 aliphatic heterocycles. The Bertz CT molecular complexity index is 410. The minimum atomic E-state index is -0.450. The number of benzene rings is 1. The predicted octanol–water partition coefficient (Wildman–Crippen LogP) is 2.06. The van der Waals surface area contributed by atoms with Gasteiger partial charge in [-0.25, -0.2) is 0 Å². The molecule has 17 heavy (non-hydrogen) atoms. The standard InChI is InChI=1S/C11H15ClN2O3/c1-8(15)6-13(2)7-9-5-10(14(16)17)3-4-11(9)12/h3-5,8,15H,6-7H2,1-2H3. The Hall–Kier alpha value is -1.17. The highest BCUT2D eigenvalue weighted by molar-refractivity contribution is 6.31. The first-order valence-corrected chi connectivity index (χ1v) is 5.57. The number of nitro benzene ring substituents is 1. The van der Waals surface area contributed by atoms with Crippen molar-refractivity contribution in [1.29, 1.82) is 0 Å². The van der Waals surface area contributed by atoms with E-state index >= 15 is 0 Å². The van der Waals surface area contributed by atoms with E-state index in [-0.39, 0.29) is 5.69 Å². The van der Waals surface area contributed by atoms with Gasteiger partial charge in [0.25, 0.3) is 5.69 Å². The molecule has 5 nitrogen and oxygen atoms in total. The van der Waals surface area contributed by atoms with Crippen LogP contribution >= 0.6 is 11.6 Å². The number of aliphatic hydroxyl groups excluding tert-OH is 1. The van der Waals surface area contributed by atoms with Crippen molar-refractivity contribution in [3.63, 3.8) is 0 Å². The fourth-order valence-electron chi connectivity index (χ4n) is 1.60. The molecular weight excluding hydrogens is 244 g/mol. The number of nitro groups is 1. The second-order valence-electron chi connectivity index (χ2n) is 4.08. The first-order valence-electron chi connectivity index (χ1n) is 5.19. The Morgan fingerprint density at radius 3 is 2.76 bits per heavy atom. The lowest BCUT2D eigenvalue weighted by Gasteiger charge is -2.18. The quantitative estimate of drug-likeness (QED) is 0.648. The normalized spacial score (nSPS) is 12.8. The minimum absolute atomic E-state index is 0.0230. The van der Waals surface area contributed by atoms with E-state index in [0.29, 0.717) is 23.7 Å². The molecule has 1 unspecified atom stereocenters. The molecule has 0 spiro atoms. The summed E-state index contributed by atoms with van der Waals surface area (Å²) < 4.78 is 0. The van der Waals surface area contributed by atoms with E-state index in [1.165, 1.54) is 18.2 Å². The third-order valence-electron chi connectivity index (χ3n) is 2.26. The molecule has 0 radical (unpaired) electrons. The highest BCUT2D eigenvalue weighted by Gasteiger charge is 2.12. The molecule has 1 N–H and O–H groups in total. The third kappa shape index (κ3) is 4.30. The lowest BCUT2D eigenvalue weighted by molar-refractivity contribution is -0.384. The van der Waals surface area contributed by atoms with Crippen LogP contribution in [0.25, 0.3) is 0 Å². The number of halogens is 1. The molecule has 0 heterocycles.